The highest BCUT2D eigenvalue weighted by atomic mass is 19.4. The summed E-state index contributed by atoms with van der Waals surface area (Å²) in [4.78, 5) is 21.8. The van der Waals surface area contributed by atoms with E-state index in [2.05, 4.69) is 19.9 Å². The maximum atomic E-state index is 12.7. The van der Waals surface area contributed by atoms with E-state index in [1.807, 2.05) is 36.9 Å². The van der Waals surface area contributed by atoms with Gasteiger partial charge in [-0.3, -0.25) is 4.98 Å². The quantitative estimate of drug-likeness (QED) is 0.648. The molecule has 0 atom stereocenters. The molecule has 3 aromatic heterocycles. The first-order valence-electron chi connectivity index (χ1n) is 9.63. The van der Waals surface area contributed by atoms with Gasteiger partial charge in [0.1, 0.15) is 17.3 Å². The molecule has 0 bridgehead atoms. The highest BCUT2D eigenvalue weighted by Gasteiger charge is 2.31. The molecule has 4 rings (SSSR count). The lowest BCUT2D eigenvalue weighted by Crippen LogP contribution is -2.47. The maximum Gasteiger partial charge on any atom is 0.417 e. The number of rotatable bonds is 3. The molecule has 6 nitrogen and oxygen atoms in total. The van der Waals surface area contributed by atoms with Crippen LogP contribution in [0.4, 0.5) is 24.8 Å². The molecule has 1 aliphatic rings. The van der Waals surface area contributed by atoms with E-state index in [1.54, 1.807) is 6.20 Å². The fraction of sp³-hybridized carbons (Fsp3) is 0.333. The van der Waals surface area contributed by atoms with Crippen LogP contribution >= 0.6 is 0 Å². The lowest BCUT2D eigenvalue weighted by Gasteiger charge is -2.37. The minimum atomic E-state index is -4.38. The lowest BCUT2D eigenvalue weighted by atomic mass is 10.2. The summed E-state index contributed by atoms with van der Waals surface area (Å²) in [5.41, 5.74) is 1.89. The van der Waals surface area contributed by atoms with Crippen LogP contribution in [0, 0.1) is 13.8 Å². The monoisotopic (exact) mass is 414 g/mol. The summed E-state index contributed by atoms with van der Waals surface area (Å²) in [5.74, 6) is 2.00. The highest BCUT2D eigenvalue weighted by molar-refractivity contribution is 5.58. The summed E-state index contributed by atoms with van der Waals surface area (Å²) in [6.07, 6.45) is -1.78. The molecule has 1 aliphatic heterocycles. The predicted molar refractivity (Wildman–Crippen MR) is 108 cm³/mol. The number of hydrogen-bond donors (Lipinski definition) is 0. The van der Waals surface area contributed by atoms with Crippen LogP contribution in [-0.4, -0.2) is 46.1 Å². The molecule has 0 aliphatic carbocycles. The Balaban J connectivity index is 1.51. The zero-order chi connectivity index (χ0) is 21.3. The summed E-state index contributed by atoms with van der Waals surface area (Å²) in [5, 5.41) is 0. The molecule has 3 aromatic rings. The van der Waals surface area contributed by atoms with E-state index in [-0.39, 0.29) is 0 Å². The minimum Gasteiger partial charge on any atom is -0.353 e. The van der Waals surface area contributed by atoms with Crippen molar-refractivity contribution >= 4 is 11.6 Å². The van der Waals surface area contributed by atoms with Crippen molar-refractivity contribution in [3.63, 3.8) is 0 Å². The van der Waals surface area contributed by atoms with Crippen molar-refractivity contribution in [3.05, 3.63) is 59.5 Å². The molecule has 0 N–H and O–H groups in total. The summed E-state index contributed by atoms with van der Waals surface area (Å²) >= 11 is 0. The van der Waals surface area contributed by atoms with Crippen LogP contribution in [0.25, 0.3) is 11.5 Å². The van der Waals surface area contributed by atoms with Crippen LogP contribution in [0.15, 0.2) is 42.7 Å². The third-order valence-electron chi connectivity index (χ3n) is 5.24. The minimum absolute atomic E-state index is 0.549. The van der Waals surface area contributed by atoms with Crippen molar-refractivity contribution in [2.75, 3.05) is 36.0 Å². The second-order valence-electron chi connectivity index (χ2n) is 7.17. The average Bonchev–Trinajstić information content (AvgIpc) is 2.76. The molecule has 1 saturated heterocycles. The standard InChI is InChI=1S/C21H21F3N6/c1-14-15(2)27-19(17-5-3-4-8-25-17)28-20(14)30-11-9-29(10-12-30)18-7-6-16(13-26-18)21(22,23)24/h3-8,13H,9-12H2,1-2H3. The molecule has 0 amide bonds. The van der Waals surface area contributed by atoms with Gasteiger partial charge in [-0.15, -0.1) is 0 Å². The predicted octanol–water partition coefficient (Wildman–Crippen LogP) is 3.90. The van der Waals surface area contributed by atoms with E-state index in [4.69, 9.17) is 4.98 Å². The molecular weight excluding hydrogens is 393 g/mol. The van der Waals surface area contributed by atoms with Gasteiger partial charge in [0.05, 0.1) is 5.56 Å². The van der Waals surface area contributed by atoms with E-state index < -0.39 is 11.7 Å². The van der Waals surface area contributed by atoms with E-state index in [0.29, 0.717) is 37.8 Å². The average molecular weight is 414 g/mol. The Morgan fingerprint density at radius 1 is 0.867 bits per heavy atom. The van der Waals surface area contributed by atoms with Gasteiger partial charge >= 0.3 is 6.18 Å². The molecule has 0 aromatic carbocycles. The molecule has 4 heterocycles. The molecule has 9 heteroatoms. The lowest BCUT2D eigenvalue weighted by molar-refractivity contribution is -0.137. The molecular formula is C21H21F3N6. The van der Waals surface area contributed by atoms with Gasteiger partial charge in [0.15, 0.2) is 5.82 Å². The van der Waals surface area contributed by atoms with Crippen LogP contribution in [0.1, 0.15) is 16.8 Å². The first-order valence-corrected chi connectivity index (χ1v) is 9.63. The molecule has 156 valence electrons. The number of alkyl halides is 3. The number of nitrogens with zero attached hydrogens (tertiary/aromatic N) is 6. The molecule has 0 unspecified atom stereocenters. The van der Waals surface area contributed by atoms with Gasteiger partial charge in [0, 0.05) is 49.8 Å². The Bertz CT molecular complexity index is 1010. The summed E-state index contributed by atoms with van der Waals surface area (Å²) < 4.78 is 38.2. The summed E-state index contributed by atoms with van der Waals surface area (Å²) in [6.45, 7) is 6.59. The summed E-state index contributed by atoms with van der Waals surface area (Å²) in [6, 6.07) is 8.13. The van der Waals surface area contributed by atoms with Crippen molar-refractivity contribution < 1.29 is 13.2 Å². The number of aryl methyl sites for hydroxylation is 1. The Labute approximate surface area is 172 Å². The number of pyridine rings is 2. The summed E-state index contributed by atoms with van der Waals surface area (Å²) in [7, 11) is 0. The normalized spacial score (nSPS) is 14.8. The number of piperazine rings is 1. The van der Waals surface area contributed by atoms with Gasteiger partial charge in [-0.05, 0) is 38.1 Å². The Kier molecular flexibility index (Phi) is 5.27. The zero-order valence-electron chi connectivity index (χ0n) is 16.7. The fourth-order valence-corrected chi connectivity index (χ4v) is 3.42. The SMILES string of the molecule is Cc1nc(-c2ccccn2)nc(N2CCN(c3ccc(C(F)(F)F)cn3)CC2)c1C. The van der Waals surface area contributed by atoms with Crippen molar-refractivity contribution in [1.29, 1.82) is 0 Å². The van der Waals surface area contributed by atoms with E-state index >= 15 is 0 Å². The van der Waals surface area contributed by atoms with Gasteiger partial charge in [-0.25, -0.2) is 15.0 Å². The Hall–Kier alpha value is -3.23. The molecule has 1 fully saturated rings. The first kappa shape index (κ1) is 20.1. The second kappa shape index (κ2) is 7.89. The number of anilines is 2. The van der Waals surface area contributed by atoms with E-state index in [9.17, 15) is 13.2 Å². The van der Waals surface area contributed by atoms with Gasteiger partial charge in [-0.1, -0.05) is 6.07 Å². The third-order valence-corrected chi connectivity index (χ3v) is 5.24. The van der Waals surface area contributed by atoms with Crippen molar-refractivity contribution in [2.45, 2.75) is 20.0 Å². The largest absolute Gasteiger partial charge is 0.417 e. The second-order valence-corrected chi connectivity index (χ2v) is 7.17. The van der Waals surface area contributed by atoms with Crippen molar-refractivity contribution in [3.8, 4) is 11.5 Å². The Morgan fingerprint density at radius 2 is 1.60 bits per heavy atom. The van der Waals surface area contributed by atoms with Crippen LogP contribution < -0.4 is 9.80 Å². The number of aromatic nitrogens is 4. The van der Waals surface area contributed by atoms with E-state index in [0.717, 1.165) is 35.0 Å². The maximum absolute atomic E-state index is 12.7. The molecule has 30 heavy (non-hydrogen) atoms. The van der Waals surface area contributed by atoms with Crippen molar-refractivity contribution in [1.82, 2.24) is 19.9 Å². The molecule has 0 radical (unpaired) electrons. The number of halogens is 3. The highest BCUT2D eigenvalue weighted by Crippen LogP contribution is 2.30. The van der Waals surface area contributed by atoms with E-state index in [1.165, 1.54) is 6.07 Å². The van der Waals surface area contributed by atoms with Crippen LogP contribution in [0.2, 0.25) is 0 Å². The smallest absolute Gasteiger partial charge is 0.353 e. The molecule has 0 saturated carbocycles. The number of hydrogen-bond acceptors (Lipinski definition) is 6. The van der Waals surface area contributed by atoms with Gasteiger partial charge in [0.2, 0.25) is 0 Å². The van der Waals surface area contributed by atoms with Gasteiger partial charge < -0.3 is 9.80 Å². The topological polar surface area (TPSA) is 58.0 Å². The van der Waals surface area contributed by atoms with Crippen LogP contribution in [0.3, 0.4) is 0 Å². The van der Waals surface area contributed by atoms with Crippen molar-refractivity contribution in [2.24, 2.45) is 0 Å². The molecule has 0 spiro atoms. The van der Waals surface area contributed by atoms with Crippen LogP contribution in [-0.2, 0) is 6.18 Å². The fourth-order valence-electron chi connectivity index (χ4n) is 3.42. The first-order chi connectivity index (χ1) is 14.3. The van der Waals surface area contributed by atoms with Gasteiger partial charge in [0.25, 0.3) is 0 Å². The zero-order valence-corrected chi connectivity index (χ0v) is 16.7. The van der Waals surface area contributed by atoms with Gasteiger partial charge in [-0.2, -0.15) is 13.2 Å². The van der Waals surface area contributed by atoms with Crippen LogP contribution in [0.5, 0.6) is 0 Å². The Morgan fingerprint density at radius 3 is 2.20 bits per heavy atom. The third kappa shape index (κ3) is 4.05.